The molecular weight excluding hydrogens is 358 g/mol. The first-order valence-electron chi connectivity index (χ1n) is 10.2. The molecule has 1 saturated carbocycles. The summed E-state index contributed by atoms with van der Waals surface area (Å²) in [5, 5.41) is 2.98. The van der Waals surface area contributed by atoms with Crippen molar-refractivity contribution in [1.82, 2.24) is 10.3 Å². The van der Waals surface area contributed by atoms with Gasteiger partial charge in [0.1, 0.15) is 5.52 Å². The van der Waals surface area contributed by atoms with Gasteiger partial charge >= 0.3 is 5.97 Å². The van der Waals surface area contributed by atoms with Gasteiger partial charge in [-0.1, -0.05) is 25.0 Å². The lowest BCUT2D eigenvalue weighted by atomic mass is 9.97. The second kappa shape index (κ2) is 8.20. The zero-order valence-corrected chi connectivity index (χ0v) is 16.2. The predicted molar refractivity (Wildman–Crippen MR) is 105 cm³/mol. The number of anilines is 1. The van der Waals surface area contributed by atoms with E-state index in [9.17, 15) is 9.59 Å². The van der Waals surface area contributed by atoms with Crippen LogP contribution in [0.1, 0.15) is 45.4 Å². The smallest absolute Gasteiger partial charge is 0.309 e. The maximum absolute atomic E-state index is 12.5. The molecular formula is C21H27N3O4. The van der Waals surface area contributed by atoms with Gasteiger partial charge in [-0.15, -0.1) is 0 Å². The molecule has 0 bridgehead atoms. The lowest BCUT2D eigenvalue weighted by Gasteiger charge is -2.30. The van der Waals surface area contributed by atoms with E-state index in [0.29, 0.717) is 31.9 Å². The Morgan fingerprint density at radius 3 is 2.61 bits per heavy atom. The molecule has 2 heterocycles. The SMILES string of the molecule is C[C@H](OC(=O)C1CCN(c2nc3ccccc3o2)CC1)C(=O)NC1CCCC1. The topological polar surface area (TPSA) is 84.7 Å². The molecule has 28 heavy (non-hydrogen) atoms. The van der Waals surface area contributed by atoms with E-state index in [1.165, 1.54) is 0 Å². The molecule has 2 fully saturated rings. The van der Waals surface area contributed by atoms with Gasteiger partial charge in [0.2, 0.25) is 0 Å². The van der Waals surface area contributed by atoms with Crippen molar-refractivity contribution in [2.24, 2.45) is 5.92 Å². The Morgan fingerprint density at radius 1 is 1.18 bits per heavy atom. The number of oxazole rings is 1. The summed E-state index contributed by atoms with van der Waals surface area (Å²) in [6.07, 6.45) is 4.91. The molecule has 1 aromatic heterocycles. The van der Waals surface area contributed by atoms with Gasteiger partial charge in [0, 0.05) is 19.1 Å². The first-order chi connectivity index (χ1) is 13.6. The quantitative estimate of drug-likeness (QED) is 0.797. The summed E-state index contributed by atoms with van der Waals surface area (Å²) in [5.41, 5.74) is 1.60. The molecule has 1 amide bonds. The third kappa shape index (κ3) is 4.13. The van der Waals surface area contributed by atoms with Crippen LogP contribution < -0.4 is 10.2 Å². The Hall–Kier alpha value is -2.57. The maximum Gasteiger partial charge on any atom is 0.309 e. The van der Waals surface area contributed by atoms with Crippen molar-refractivity contribution in [3.05, 3.63) is 24.3 Å². The largest absolute Gasteiger partial charge is 0.452 e. The van der Waals surface area contributed by atoms with Crippen molar-refractivity contribution in [1.29, 1.82) is 0 Å². The lowest BCUT2D eigenvalue weighted by Crippen LogP contribution is -2.43. The standard InChI is InChI=1S/C21H27N3O4/c1-14(19(25)22-16-6-2-3-7-16)27-20(26)15-10-12-24(13-11-15)21-23-17-8-4-5-9-18(17)28-21/h4-5,8-9,14-16H,2-3,6-7,10-13H2,1H3,(H,22,25)/t14-/m0/s1. The minimum absolute atomic E-state index is 0.191. The van der Waals surface area contributed by atoms with E-state index in [2.05, 4.69) is 15.2 Å². The van der Waals surface area contributed by atoms with E-state index >= 15 is 0 Å². The average Bonchev–Trinajstić information content (AvgIpc) is 3.37. The van der Waals surface area contributed by atoms with Crippen molar-refractivity contribution in [3.63, 3.8) is 0 Å². The second-order valence-electron chi connectivity index (χ2n) is 7.79. The number of ether oxygens (including phenoxy) is 1. The molecule has 4 rings (SSSR count). The highest BCUT2D eigenvalue weighted by Gasteiger charge is 2.31. The number of hydrogen-bond acceptors (Lipinski definition) is 6. The summed E-state index contributed by atoms with van der Waals surface area (Å²) < 4.78 is 11.3. The van der Waals surface area contributed by atoms with Gasteiger partial charge in [-0.2, -0.15) is 4.98 Å². The van der Waals surface area contributed by atoms with Crippen LogP contribution in [0, 0.1) is 5.92 Å². The molecule has 7 heteroatoms. The molecule has 1 aromatic carbocycles. The molecule has 1 N–H and O–H groups in total. The zero-order chi connectivity index (χ0) is 19.5. The number of piperidine rings is 1. The highest BCUT2D eigenvalue weighted by Crippen LogP contribution is 2.27. The van der Waals surface area contributed by atoms with Crippen LogP contribution in [0.25, 0.3) is 11.1 Å². The number of fused-ring (bicyclic) bond motifs is 1. The van der Waals surface area contributed by atoms with Gasteiger partial charge in [-0.05, 0) is 44.7 Å². The molecule has 0 spiro atoms. The van der Waals surface area contributed by atoms with Crippen molar-refractivity contribution in [3.8, 4) is 0 Å². The summed E-state index contributed by atoms with van der Waals surface area (Å²) in [5.74, 6) is -0.669. The molecule has 7 nitrogen and oxygen atoms in total. The van der Waals surface area contributed by atoms with E-state index in [-0.39, 0.29) is 23.8 Å². The highest BCUT2D eigenvalue weighted by molar-refractivity contribution is 5.84. The number of para-hydroxylation sites is 2. The summed E-state index contributed by atoms with van der Waals surface area (Å²) in [6, 6.07) is 8.49. The van der Waals surface area contributed by atoms with E-state index < -0.39 is 6.10 Å². The second-order valence-corrected chi connectivity index (χ2v) is 7.79. The Balaban J connectivity index is 1.26. The zero-order valence-electron chi connectivity index (χ0n) is 16.2. The van der Waals surface area contributed by atoms with Gasteiger partial charge < -0.3 is 19.4 Å². The van der Waals surface area contributed by atoms with Gasteiger partial charge in [0.25, 0.3) is 11.9 Å². The van der Waals surface area contributed by atoms with Gasteiger partial charge in [-0.3, -0.25) is 9.59 Å². The number of esters is 1. The van der Waals surface area contributed by atoms with Gasteiger partial charge in [0.15, 0.2) is 11.7 Å². The molecule has 1 atom stereocenters. The number of aromatic nitrogens is 1. The van der Waals surface area contributed by atoms with Crippen LogP contribution in [0.4, 0.5) is 6.01 Å². The van der Waals surface area contributed by atoms with E-state index in [1.807, 2.05) is 24.3 Å². The predicted octanol–water partition coefficient (Wildman–Crippen LogP) is 3.03. The molecule has 2 aliphatic rings. The summed E-state index contributed by atoms with van der Waals surface area (Å²) >= 11 is 0. The number of rotatable bonds is 5. The molecule has 0 radical (unpaired) electrons. The average molecular weight is 385 g/mol. The number of amides is 1. The fourth-order valence-corrected chi connectivity index (χ4v) is 4.01. The Bertz CT molecular complexity index is 802. The minimum Gasteiger partial charge on any atom is -0.452 e. The van der Waals surface area contributed by atoms with Crippen LogP contribution >= 0.6 is 0 Å². The highest BCUT2D eigenvalue weighted by atomic mass is 16.5. The van der Waals surface area contributed by atoms with E-state index in [0.717, 1.165) is 36.8 Å². The normalized spacial score (nSPS) is 19.7. The van der Waals surface area contributed by atoms with Gasteiger partial charge in [0.05, 0.1) is 5.92 Å². The Kier molecular flexibility index (Phi) is 5.50. The summed E-state index contributed by atoms with van der Waals surface area (Å²) in [7, 11) is 0. The number of nitrogens with zero attached hydrogens (tertiary/aromatic N) is 2. The molecule has 2 aromatic rings. The summed E-state index contributed by atoms with van der Waals surface area (Å²) in [4.78, 5) is 31.3. The number of nitrogens with one attached hydrogen (secondary N) is 1. The number of carbonyl (C=O) groups is 2. The Labute approximate surface area is 164 Å². The fraction of sp³-hybridized carbons (Fsp3) is 0.571. The number of carbonyl (C=O) groups excluding carboxylic acids is 2. The van der Waals surface area contributed by atoms with Crippen LogP contribution in [-0.2, 0) is 14.3 Å². The van der Waals surface area contributed by atoms with Crippen molar-refractivity contribution in [2.45, 2.75) is 57.6 Å². The first-order valence-corrected chi connectivity index (χ1v) is 10.2. The lowest BCUT2D eigenvalue weighted by molar-refractivity contribution is -0.159. The molecule has 1 aliphatic heterocycles. The first kappa shape index (κ1) is 18.8. The molecule has 1 aliphatic carbocycles. The minimum atomic E-state index is -0.747. The van der Waals surface area contributed by atoms with Crippen molar-refractivity contribution >= 4 is 29.0 Å². The van der Waals surface area contributed by atoms with E-state index in [4.69, 9.17) is 9.15 Å². The fourth-order valence-electron chi connectivity index (χ4n) is 4.01. The van der Waals surface area contributed by atoms with Crippen LogP contribution in [0.2, 0.25) is 0 Å². The van der Waals surface area contributed by atoms with Crippen LogP contribution in [0.5, 0.6) is 0 Å². The van der Waals surface area contributed by atoms with Crippen LogP contribution in [-0.4, -0.2) is 42.1 Å². The monoisotopic (exact) mass is 385 g/mol. The van der Waals surface area contributed by atoms with E-state index in [1.54, 1.807) is 6.92 Å². The van der Waals surface area contributed by atoms with Crippen molar-refractivity contribution in [2.75, 3.05) is 18.0 Å². The van der Waals surface area contributed by atoms with Crippen LogP contribution in [0.3, 0.4) is 0 Å². The summed E-state index contributed by atoms with van der Waals surface area (Å²) in [6.45, 7) is 3.00. The third-order valence-corrected chi connectivity index (χ3v) is 5.75. The maximum atomic E-state index is 12.5. The number of hydrogen-bond donors (Lipinski definition) is 1. The van der Waals surface area contributed by atoms with Crippen molar-refractivity contribution < 1.29 is 18.7 Å². The van der Waals surface area contributed by atoms with Gasteiger partial charge in [-0.25, -0.2) is 0 Å². The molecule has 0 unspecified atom stereocenters. The third-order valence-electron chi connectivity index (χ3n) is 5.75. The molecule has 150 valence electrons. The Morgan fingerprint density at radius 2 is 1.89 bits per heavy atom. The number of benzene rings is 1. The molecule has 1 saturated heterocycles. The van der Waals surface area contributed by atoms with Crippen LogP contribution in [0.15, 0.2) is 28.7 Å².